The van der Waals surface area contributed by atoms with Crippen molar-refractivity contribution >= 4 is 46.8 Å². The highest BCUT2D eigenvalue weighted by Gasteiger charge is 2.13. The number of nitriles is 1. The van der Waals surface area contributed by atoms with Crippen LogP contribution in [0.5, 0.6) is 5.75 Å². The van der Waals surface area contributed by atoms with Gasteiger partial charge in [0.1, 0.15) is 17.4 Å². The molecule has 29 heavy (non-hydrogen) atoms. The minimum atomic E-state index is -0.573. The van der Waals surface area contributed by atoms with Gasteiger partial charge in [0, 0.05) is 10.7 Å². The molecule has 0 aromatic heterocycles. The van der Waals surface area contributed by atoms with Crippen LogP contribution in [0, 0.1) is 18.3 Å². The lowest BCUT2D eigenvalue weighted by atomic mass is 10.1. The summed E-state index contributed by atoms with van der Waals surface area (Å²) in [6.45, 7) is 3.45. The van der Waals surface area contributed by atoms with E-state index < -0.39 is 11.9 Å². The first-order valence-corrected chi connectivity index (χ1v) is 9.37. The monoisotopic (exact) mass is 432 g/mol. The molecule has 1 amide bonds. The topological polar surface area (TPSA) is 88.4 Å². The molecular weight excluding hydrogens is 415 g/mol. The predicted molar refractivity (Wildman–Crippen MR) is 112 cm³/mol. The number of nitrogens with zero attached hydrogens (tertiary/aromatic N) is 1. The van der Waals surface area contributed by atoms with Crippen molar-refractivity contribution in [2.24, 2.45) is 0 Å². The number of hydrogen-bond acceptors (Lipinski definition) is 5. The van der Waals surface area contributed by atoms with Crippen LogP contribution in [0.3, 0.4) is 0 Å². The molecule has 0 saturated heterocycles. The molecule has 1 N–H and O–H groups in total. The van der Waals surface area contributed by atoms with Gasteiger partial charge in [0.25, 0.3) is 5.91 Å². The SMILES string of the molecule is CCOC(=O)COc1ccc(/C=C(\C#N)C(=O)Nc2cccc(Cl)c2C)cc1Cl. The van der Waals surface area contributed by atoms with Gasteiger partial charge in [-0.3, -0.25) is 4.79 Å². The van der Waals surface area contributed by atoms with Gasteiger partial charge in [-0.2, -0.15) is 5.26 Å². The Morgan fingerprint density at radius 2 is 1.97 bits per heavy atom. The largest absolute Gasteiger partial charge is 0.480 e. The number of benzene rings is 2. The minimum Gasteiger partial charge on any atom is -0.480 e. The van der Waals surface area contributed by atoms with E-state index in [9.17, 15) is 14.9 Å². The molecule has 0 spiro atoms. The fourth-order valence-electron chi connectivity index (χ4n) is 2.31. The van der Waals surface area contributed by atoms with Crippen molar-refractivity contribution in [1.29, 1.82) is 5.26 Å². The first-order valence-electron chi connectivity index (χ1n) is 8.62. The van der Waals surface area contributed by atoms with Gasteiger partial charge >= 0.3 is 5.97 Å². The summed E-state index contributed by atoms with van der Waals surface area (Å²) < 4.78 is 10.1. The summed E-state index contributed by atoms with van der Waals surface area (Å²) in [7, 11) is 0. The average Bonchev–Trinajstić information content (AvgIpc) is 2.69. The number of carbonyl (C=O) groups is 2. The highest BCUT2D eigenvalue weighted by molar-refractivity contribution is 6.32. The Morgan fingerprint density at radius 1 is 1.21 bits per heavy atom. The molecule has 0 aliphatic carbocycles. The average molecular weight is 433 g/mol. The van der Waals surface area contributed by atoms with Gasteiger partial charge in [0.05, 0.1) is 11.6 Å². The highest BCUT2D eigenvalue weighted by Crippen LogP contribution is 2.27. The van der Waals surface area contributed by atoms with Crippen molar-refractivity contribution in [1.82, 2.24) is 0 Å². The number of ether oxygens (including phenoxy) is 2. The second-order valence-electron chi connectivity index (χ2n) is 5.82. The van der Waals surface area contributed by atoms with E-state index in [4.69, 9.17) is 32.7 Å². The Labute approximate surface area is 178 Å². The van der Waals surface area contributed by atoms with Gasteiger partial charge in [-0.15, -0.1) is 0 Å². The molecule has 0 aliphatic rings. The van der Waals surface area contributed by atoms with Gasteiger partial charge in [0.15, 0.2) is 6.61 Å². The number of esters is 1. The molecule has 0 fully saturated rings. The van der Waals surface area contributed by atoms with Crippen LogP contribution < -0.4 is 10.1 Å². The van der Waals surface area contributed by atoms with Crippen molar-refractivity contribution in [3.63, 3.8) is 0 Å². The van der Waals surface area contributed by atoms with Crippen molar-refractivity contribution < 1.29 is 19.1 Å². The number of halogens is 2. The second kappa shape index (κ2) is 10.5. The summed E-state index contributed by atoms with van der Waals surface area (Å²) in [6.07, 6.45) is 1.40. The molecule has 6 nitrogen and oxygen atoms in total. The summed E-state index contributed by atoms with van der Waals surface area (Å²) in [6, 6.07) is 11.7. The van der Waals surface area contributed by atoms with E-state index in [1.54, 1.807) is 44.2 Å². The zero-order valence-electron chi connectivity index (χ0n) is 15.8. The van der Waals surface area contributed by atoms with E-state index in [0.29, 0.717) is 21.8 Å². The standard InChI is InChI=1S/C21H18Cl2N2O4/c1-3-28-20(26)12-29-19-8-7-14(10-17(19)23)9-15(11-24)21(27)25-18-6-4-5-16(22)13(18)2/h4-10H,3,12H2,1-2H3,(H,25,27)/b15-9+. The van der Waals surface area contributed by atoms with Crippen molar-refractivity contribution in [3.8, 4) is 11.8 Å². The third-order valence-electron chi connectivity index (χ3n) is 3.80. The molecule has 150 valence electrons. The van der Waals surface area contributed by atoms with E-state index in [0.717, 1.165) is 0 Å². The van der Waals surface area contributed by atoms with Crippen LogP contribution >= 0.6 is 23.2 Å². The molecule has 8 heteroatoms. The molecular formula is C21H18Cl2N2O4. The minimum absolute atomic E-state index is 0.111. The maximum Gasteiger partial charge on any atom is 0.344 e. The molecule has 2 aromatic carbocycles. The maximum atomic E-state index is 12.4. The zero-order chi connectivity index (χ0) is 21.4. The number of nitrogens with one attached hydrogen (secondary N) is 1. The molecule has 2 aromatic rings. The fraction of sp³-hybridized carbons (Fsp3) is 0.190. The van der Waals surface area contributed by atoms with Crippen LogP contribution in [-0.4, -0.2) is 25.1 Å². The summed E-state index contributed by atoms with van der Waals surface area (Å²) in [4.78, 5) is 23.8. The third kappa shape index (κ3) is 6.24. The first kappa shape index (κ1) is 22.3. The Hall–Kier alpha value is -3.01. The number of rotatable bonds is 7. The Morgan fingerprint density at radius 3 is 2.62 bits per heavy atom. The molecule has 0 saturated carbocycles. The van der Waals surface area contributed by atoms with Gasteiger partial charge in [-0.05, 0) is 55.3 Å². The number of amides is 1. The normalized spacial score (nSPS) is 10.8. The lowest BCUT2D eigenvalue weighted by molar-refractivity contribution is -0.145. The van der Waals surface area contributed by atoms with Crippen LogP contribution in [0.4, 0.5) is 5.69 Å². The van der Waals surface area contributed by atoms with E-state index >= 15 is 0 Å². The van der Waals surface area contributed by atoms with Crippen molar-refractivity contribution in [2.45, 2.75) is 13.8 Å². The quantitative estimate of drug-likeness (QED) is 0.385. The smallest absolute Gasteiger partial charge is 0.344 e. The molecule has 0 aliphatic heterocycles. The van der Waals surface area contributed by atoms with Gasteiger partial charge in [0.2, 0.25) is 0 Å². The Balaban J connectivity index is 2.15. The highest BCUT2D eigenvalue weighted by atomic mass is 35.5. The molecule has 0 radical (unpaired) electrons. The van der Waals surface area contributed by atoms with Crippen LogP contribution in [-0.2, 0) is 14.3 Å². The van der Waals surface area contributed by atoms with E-state index in [-0.39, 0.29) is 29.6 Å². The molecule has 0 atom stereocenters. The summed E-state index contributed by atoms with van der Waals surface area (Å²) in [5.74, 6) is -0.793. The van der Waals surface area contributed by atoms with Crippen molar-refractivity contribution in [2.75, 3.05) is 18.5 Å². The van der Waals surface area contributed by atoms with E-state index in [1.807, 2.05) is 6.07 Å². The number of anilines is 1. The lowest BCUT2D eigenvalue weighted by Crippen LogP contribution is -2.15. The van der Waals surface area contributed by atoms with Gasteiger partial charge in [-0.25, -0.2) is 4.79 Å². The van der Waals surface area contributed by atoms with Crippen LogP contribution in [0.2, 0.25) is 10.0 Å². The van der Waals surface area contributed by atoms with Gasteiger partial charge in [-0.1, -0.05) is 35.3 Å². The van der Waals surface area contributed by atoms with Crippen LogP contribution in [0.1, 0.15) is 18.1 Å². The maximum absolute atomic E-state index is 12.4. The van der Waals surface area contributed by atoms with E-state index in [1.165, 1.54) is 12.1 Å². The Bertz CT molecular complexity index is 997. The Kier molecular flexibility index (Phi) is 8.08. The number of carbonyl (C=O) groups excluding carboxylic acids is 2. The lowest BCUT2D eigenvalue weighted by Gasteiger charge is -2.09. The van der Waals surface area contributed by atoms with Crippen LogP contribution in [0.25, 0.3) is 6.08 Å². The first-order chi connectivity index (χ1) is 13.8. The second-order valence-corrected chi connectivity index (χ2v) is 6.63. The predicted octanol–water partition coefficient (Wildman–Crippen LogP) is 4.79. The van der Waals surface area contributed by atoms with E-state index in [2.05, 4.69) is 5.32 Å². The fourth-order valence-corrected chi connectivity index (χ4v) is 2.73. The third-order valence-corrected chi connectivity index (χ3v) is 4.50. The van der Waals surface area contributed by atoms with Crippen LogP contribution in [0.15, 0.2) is 42.0 Å². The summed E-state index contributed by atoms with van der Waals surface area (Å²) in [5, 5.41) is 12.8. The van der Waals surface area contributed by atoms with Gasteiger partial charge < -0.3 is 14.8 Å². The molecule has 0 heterocycles. The number of hydrogen-bond donors (Lipinski definition) is 1. The zero-order valence-corrected chi connectivity index (χ0v) is 17.3. The van der Waals surface area contributed by atoms with Crippen molar-refractivity contribution in [3.05, 3.63) is 63.1 Å². The summed E-state index contributed by atoms with van der Waals surface area (Å²) in [5.41, 5.74) is 1.63. The molecule has 0 bridgehead atoms. The molecule has 2 rings (SSSR count). The summed E-state index contributed by atoms with van der Waals surface area (Å²) >= 11 is 12.2. The molecule has 0 unspecified atom stereocenters.